The van der Waals surface area contributed by atoms with Crippen LogP contribution in [0.1, 0.15) is 11.1 Å². The fourth-order valence-electron chi connectivity index (χ4n) is 1.82. The summed E-state index contributed by atoms with van der Waals surface area (Å²) in [6.07, 6.45) is 0. The molecule has 1 heterocycles. The Hall–Kier alpha value is -1.22. The first kappa shape index (κ1) is 11.3. The SMILES string of the molecule is Cc1ccc2c(c1)CN(C(=O)CCl)CCO2. The van der Waals surface area contributed by atoms with E-state index in [0.717, 1.165) is 11.3 Å². The number of amides is 1. The first-order valence-corrected chi connectivity index (χ1v) is 5.80. The summed E-state index contributed by atoms with van der Waals surface area (Å²) in [4.78, 5) is 13.3. The highest BCUT2D eigenvalue weighted by molar-refractivity contribution is 6.27. The minimum atomic E-state index is -0.0420. The van der Waals surface area contributed by atoms with Crippen molar-refractivity contribution in [2.24, 2.45) is 0 Å². The Bertz CT molecular complexity index is 406. The number of alkyl halides is 1. The van der Waals surface area contributed by atoms with Gasteiger partial charge in [-0.05, 0) is 13.0 Å². The van der Waals surface area contributed by atoms with Crippen LogP contribution in [0.15, 0.2) is 18.2 Å². The predicted octanol–water partition coefficient (Wildman–Crippen LogP) is 1.95. The molecule has 0 aliphatic carbocycles. The molecule has 1 aromatic rings. The largest absolute Gasteiger partial charge is 0.491 e. The molecule has 0 unspecified atom stereocenters. The van der Waals surface area contributed by atoms with Crippen molar-refractivity contribution in [3.8, 4) is 5.75 Å². The number of halogens is 1. The van der Waals surface area contributed by atoms with Crippen LogP contribution in [0.3, 0.4) is 0 Å². The van der Waals surface area contributed by atoms with Gasteiger partial charge in [0.2, 0.25) is 5.91 Å². The number of ether oxygens (including phenoxy) is 1. The highest BCUT2D eigenvalue weighted by Gasteiger charge is 2.18. The molecule has 0 radical (unpaired) electrons. The summed E-state index contributed by atoms with van der Waals surface area (Å²) in [6, 6.07) is 6.02. The summed E-state index contributed by atoms with van der Waals surface area (Å²) in [6.45, 7) is 3.74. The van der Waals surface area contributed by atoms with E-state index in [1.54, 1.807) is 4.90 Å². The fourth-order valence-corrected chi connectivity index (χ4v) is 1.99. The molecular formula is C12H14ClNO2. The maximum Gasteiger partial charge on any atom is 0.237 e. The Balaban J connectivity index is 2.25. The molecule has 1 aliphatic heterocycles. The number of aryl methyl sites for hydroxylation is 1. The van der Waals surface area contributed by atoms with Gasteiger partial charge in [0.1, 0.15) is 18.2 Å². The molecular weight excluding hydrogens is 226 g/mol. The van der Waals surface area contributed by atoms with Gasteiger partial charge < -0.3 is 9.64 Å². The van der Waals surface area contributed by atoms with Crippen molar-refractivity contribution in [2.45, 2.75) is 13.5 Å². The van der Waals surface area contributed by atoms with E-state index in [1.807, 2.05) is 19.1 Å². The minimum absolute atomic E-state index is 0.0289. The highest BCUT2D eigenvalue weighted by atomic mass is 35.5. The number of hydrogen-bond acceptors (Lipinski definition) is 2. The molecule has 86 valence electrons. The van der Waals surface area contributed by atoms with Crippen molar-refractivity contribution in [1.82, 2.24) is 4.90 Å². The molecule has 1 amide bonds. The Morgan fingerprint density at radius 1 is 1.56 bits per heavy atom. The lowest BCUT2D eigenvalue weighted by molar-refractivity contribution is -0.129. The van der Waals surface area contributed by atoms with Crippen LogP contribution < -0.4 is 4.74 Å². The highest BCUT2D eigenvalue weighted by Crippen LogP contribution is 2.24. The summed E-state index contributed by atoms with van der Waals surface area (Å²) >= 11 is 5.56. The van der Waals surface area contributed by atoms with E-state index in [1.165, 1.54) is 5.56 Å². The monoisotopic (exact) mass is 239 g/mol. The molecule has 0 aromatic heterocycles. The van der Waals surface area contributed by atoms with Crippen LogP contribution in [0.2, 0.25) is 0 Å². The summed E-state index contributed by atoms with van der Waals surface area (Å²) in [5, 5.41) is 0. The maximum atomic E-state index is 11.6. The Labute approximate surface area is 100.0 Å². The van der Waals surface area contributed by atoms with Crippen LogP contribution in [-0.4, -0.2) is 29.8 Å². The lowest BCUT2D eigenvalue weighted by Gasteiger charge is -2.18. The van der Waals surface area contributed by atoms with Gasteiger partial charge in [-0.15, -0.1) is 11.6 Å². The number of benzene rings is 1. The van der Waals surface area contributed by atoms with E-state index in [4.69, 9.17) is 16.3 Å². The van der Waals surface area contributed by atoms with Crippen LogP contribution >= 0.6 is 11.6 Å². The van der Waals surface area contributed by atoms with Gasteiger partial charge in [0.05, 0.1) is 6.54 Å². The fraction of sp³-hybridized carbons (Fsp3) is 0.417. The van der Waals surface area contributed by atoms with Gasteiger partial charge in [0.15, 0.2) is 0 Å². The first-order chi connectivity index (χ1) is 7.70. The summed E-state index contributed by atoms with van der Waals surface area (Å²) in [7, 11) is 0. The lowest BCUT2D eigenvalue weighted by Crippen LogP contribution is -2.33. The van der Waals surface area contributed by atoms with E-state index in [-0.39, 0.29) is 11.8 Å². The molecule has 0 atom stereocenters. The Morgan fingerprint density at radius 2 is 2.38 bits per heavy atom. The summed E-state index contributed by atoms with van der Waals surface area (Å²) in [5.74, 6) is 0.858. The normalized spacial score (nSPS) is 15.0. The third-order valence-electron chi connectivity index (χ3n) is 2.66. The predicted molar refractivity (Wildman–Crippen MR) is 62.8 cm³/mol. The second-order valence-corrected chi connectivity index (χ2v) is 4.18. The van der Waals surface area contributed by atoms with Crippen molar-refractivity contribution in [3.63, 3.8) is 0 Å². The number of carbonyl (C=O) groups excluding carboxylic acids is 1. The second-order valence-electron chi connectivity index (χ2n) is 3.91. The number of nitrogens with zero attached hydrogens (tertiary/aromatic N) is 1. The van der Waals surface area contributed by atoms with Crippen molar-refractivity contribution in [1.29, 1.82) is 0 Å². The van der Waals surface area contributed by atoms with Crippen molar-refractivity contribution in [3.05, 3.63) is 29.3 Å². The van der Waals surface area contributed by atoms with Gasteiger partial charge in [-0.25, -0.2) is 0 Å². The minimum Gasteiger partial charge on any atom is -0.491 e. The number of fused-ring (bicyclic) bond motifs is 1. The van der Waals surface area contributed by atoms with Crippen molar-refractivity contribution < 1.29 is 9.53 Å². The number of hydrogen-bond donors (Lipinski definition) is 0. The van der Waals surface area contributed by atoms with E-state index in [0.29, 0.717) is 19.7 Å². The molecule has 0 saturated carbocycles. The molecule has 3 nitrogen and oxygen atoms in total. The third-order valence-corrected chi connectivity index (χ3v) is 2.89. The smallest absolute Gasteiger partial charge is 0.237 e. The molecule has 1 aromatic carbocycles. The molecule has 0 bridgehead atoms. The number of rotatable bonds is 1. The Kier molecular flexibility index (Phi) is 3.34. The zero-order chi connectivity index (χ0) is 11.5. The standard InChI is InChI=1S/C12H14ClNO2/c1-9-2-3-11-10(6-9)8-14(4-5-16-11)12(15)7-13/h2-3,6H,4-5,7-8H2,1H3. The summed E-state index contributed by atoms with van der Waals surface area (Å²) in [5.41, 5.74) is 2.22. The van der Waals surface area contributed by atoms with E-state index in [9.17, 15) is 4.79 Å². The average molecular weight is 240 g/mol. The molecule has 0 spiro atoms. The molecule has 0 N–H and O–H groups in total. The topological polar surface area (TPSA) is 29.5 Å². The maximum absolute atomic E-state index is 11.6. The van der Waals surface area contributed by atoms with Crippen LogP contribution in [0, 0.1) is 6.92 Å². The summed E-state index contributed by atoms with van der Waals surface area (Å²) < 4.78 is 5.59. The van der Waals surface area contributed by atoms with Gasteiger partial charge in [0, 0.05) is 12.1 Å². The van der Waals surface area contributed by atoms with Gasteiger partial charge >= 0.3 is 0 Å². The van der Waals surface area contributed by atoms with Gasteiger partial charge in [-0.2, -0.15) is 0 Å². The van der Waals surface area contributed by atoms with Crippen LogP contribution in [0.5, 0.6) is 5.75 Å². The van der Waals surface area contributed by atoms with Crippen molar-refractivity contribution in [2.75, 3.05) is 19.0 Å². The van der Waals surface area contributed by atoms with Crippen LogP contribution in [0.4, 0.5) is 0 Å². The van der Waals surface area contributed by atoms with Crippen LogP contribution in [-0.2, 0) is 11.3 Å². The molecule has 0 saturated heterocycles. The molecule has 0 fully saturated rings. The van der Waals surface area contributed by atoms with E-state index >= 15 is 0 Å². The quantitative estimate of drug-likeness (QED) is 0.702. The lowest BCUT2D eigenvalue weighted by atomic mass is 10.1. The molecule has 4 heteroatoms. The molecule has 1 aliphatic rings. The average Bonchev–Trinajstić information content (AvgIpc) is 2.49. The number of carbonyl (C=O) groups is 1. The zero-order valence-electron chi connectivity index (χ0n) is 9.20. The molecule has 2 rings (SSSR count). The van der Waals surface area contributed by atoms with E-state index < -0.39 is 0 Å². The third kappa shape index (κ3) is 2.30. The van der Waals surface area contributed by atoms with Gasteiger partial charge in [-0.3, -0.25) is 4.79 Å². The van der Waals surface area contributed by atoms with E-state index in [2.05, 4.69) is 6.07 Å². The molecule has 16 heavy (non-hydrogen) atoms. The van der Waals surface area contributed by atoms with Crippen molar-refractivity contribution >= 4 is 17.5 Å². The zero-order valence-corrected chi connectivity index (χ0v) is 9.96. The second kappa shape index (κ2) is 4.74. The van der Waals surface area contributed by atoms with Gasteiger partial charge in [-0.1, -0.05) is 17.7 Å². The first-order valence-electron chi connectivity index (χ1n) is 5.27. The Morgan fingerprint density at radius 3 is 3.12 bits per heavy atom. The van der Waals surface area contributed by atoms with Gasteiger partial charge in [0.25, 0.3) is 0 Å². The van der Waals surface area contributed by atoms with Crippen LogP contribution in [0.25, 0.3) is 0 Å².